The van der Waals surface area contributed by atoms with E-state index in [2.05, 4.69) is 21.5 Å². The summed E-state index contributed by atoms with van der Waals surface area (Å²) in [6, 6.07) is 7.00. The van der Waals surface area contributed by atoms with Gasteiger partial charge in [0.25, 0.3) is 17.7 Å². The van der Waals surface area contributed by atoms with E-state index >= 15 is 0 Å². The van der Waals surface area contributed by atoms with Crippen LogP contribution in [0.3, 0.4) is 0 Å². The molecule has 0 spiro atoms. The molecule has 4 aliphatic rings. The van der Waals surface area contributed by atoms with Gasteiger partial charge in [-0.15, -0.1) is 0 Å². The number of likely N-dealkylation sites (N-methyl/N-ethyl adjacent to an activating group) is 2. The fraction of sp³-hybridized carbons (Fsp3) is 0.714. The zero-order valence-corrected chi connectivity index (χ0v) is 53.2. The number of esters is 1. The number of carbonyl (C=O) groups is 10. The van der Waals surface area contributed by atoms with Crippen molar-refractivity contribution in [2.45, 2.75) is 200 Å². The summed E-state index contributed by atoms with van der Waals surface area (Å²) in [5, 5.41) is 7.61. The lowest BCUT2D eigenvalue weighted by molar-refractivity contribution is -0.200. The smallest absolute Gasteiger partial charge is 0.306 e. The monoisotopic (exact) mass is 1210 g/mol. The third-order valence-corrected chi connectivity index (χ3v) is 17.8. The average Bonchev–Trinajstić information content (AvgIpc) is 1.77. The van der Waals surface area contributed by atoms with Crippen molar-refractivity contribution in [3.05, 3.63) is 48.0 Å². The van der Waals surface area contributed by atoms with Crippen LogP contribution in [0.15, 0.2) is 42.5 Å². The molecule has 12 atom stereocenters. The van der Waals surface area contributed by atoms with E-state index in [-0.39, 0.29) is 90.8 Å². The quantitative estimate of drug-likeness (QED) is 0.0325. The molecule has 5 rings (SSSR count). The molecule has 0 aromatic heterocycles. The third kappa shape index (κ3) is 18.4. The number of nitrogens with zero attached hydrogens (tertiary/aromatic N) is 5. The van der Waals surface area contributed by atoms with E-state index in [9.17, 15) is 47.9 Å². The second-order valence-electron chi connectivity index (χ2n) is 24.7. The second-order valence-corrected chi connectivity index (χ2v) is 24.7. The first-order valence-corrected chi connectivity index (χ1v) is 31.1. The molecule has 1 aromatic carbocycles. The summed E-state index contributed by atoms with van der Waals surface area (Å²) in [5.41, 5.74) is 4.52. The minimum Gasteiger partial charge on any atom is -0.462 e. The number of benzene rings is 1. The number of methoxy groups -OCH3 is 2. The van der Waals surface area contributed by atoms with Gasteiger partial charge >= 0.3 is 5.97 Å². The molecule has 1 aliphatic carbocycles. The fourth-order valence-electron chi connectivity index (χ4n) is 12.3. The molecule has 3 aliphatic heterocycles. The van der Waals surface area contributed by atoms with E-state index in [1.807, 2.05) is 76.8 Å². The number of hydrogen-bond donors (Lipinski definition) is 4. The summed E-state index contributed by atoms with van der Waals surface area (Å²) in [4.78, 5) is 146. The number of hydroxylamine groups is 2. The molecule has 2 saturated heterocycles. The van der Waals surface area contributed by atoms with Crippen LogP contribution in [0.25, 0.3) is 0 Å². The molecule has 0 radical (unpaired) electrons. The van der Waals surface area contributed by atoms with Gasteiger partial charge in [-0.2, -0.15) is 0 Å². The molecule has 23 nitrogen and oxygen atoms in total. The Labute approximate surface area is 509 Å². The maximum atomic E-state index is 14.8. The van der Waals surface area contributed by atoms with E-state index in [1.54, 1.807) is 44.7 Å². The Morgan fingerprint density at radius 3 is 2.06 bits per heavy atom. The SMILES string of the molecule is CC[C@H](C)[C@@H]([C@@H](CC(=O)N1CCC[C@H]1[C@H](OC)[C@@H](C)C(=O)N[C@@]1(C(=O)N2CCCCO2)C[C@@H]1c1ccccc1)OC)N(C)C(=O)[C@@H](NC(=O)[C@H](C(C)C)N(C)CCCC(=O)O[C@H](C)C(C)C(=O)NNC(=O)CCCCCN1C(=O)C=CC1=O)C(C)C. The van der Waals surface area contributed by atoms with Gasteiger partial charge in [-0.1, -0.05) is 91.6 Å². The second kappa shape index (κ2) is 33.2. The van der Waals surface area contributed by atoms with Crippen LogP contribution in [-0.4, -0.2) is 193 Å². The Bertz CT molecular complexity index is 2510. The van der Waals surface area contributed by atoms with Crippen molar-refractivity contribution in [1.29, 1.82) is 0 Å². The van der Waals surface area contributed by atoms with E-state index < -0.39 is 77.6 Å². The highest BCUT2D eigenvalue weighted by atomic mass is 16.7. The number of hydrazine groups is 1. The van der Waals surface area contributed by atoms with Crippen LogP contribution in [0, 0.1) is 29.6 Å². The minimum absolute atomic E-state index is 0.00226. The highest BCUT2D eigenvalue weighted by Gasteiger charge is 2.64. The highest BCUT2D eigenvalue weighted by molar-refractivity contribution is 6.12. The highest BCUT2D eigenvalue weighted by Crippen LogP contribution is 2.53. The van der Waals surface area contributed by atoms with Gasteiger partial charge < -0.3 is 34.6 Å². The molecule has 3 fully saturated rings. The van der Waals surface area contributed by atoms with Crippen LogP contribution in [0.2, 0.25) is 0 Å². The topological polar surface area (TPSA) is 272 Å². The lowest BCUT2D eigenvalue weighted by atomic mass is 9.89. The molecular formula is C63H99N9O14. The first-order valence-electron chi connectivity index (χ1n) is 31.1. The van der Waals surface area contributed by atoms with Crippen LogP contribution in [-0.2, 0) is 67.0 Å². The van der Waals surface area contributed by atoms with Gasteiger partial charge in [0.1, 0.15) is 17.7 Å². The summed E-state index contributed by atoms with van der Waals surface area (Å²) in [6.07, 6.45) is 6.16. The number of hydrogen-bond acceptors (Lipinski definition) is 15. The molecule has 4 N–H and O–H groups in total. The normalized spacial score (nSPS) is 21.7. The van der Waals surface area contributed by atoms with Crippen molar-refractivity contribution in [2.24, 2.45) is 29.6 Å². The van der Waals surface area contributed by atoms with Crippen molar-refractivity contribution in [3.63, 3.8) is 0 Å². The Balaban J connectivity index is 1.13. The predicted octanol–water partition coefficient (Wildman–Crippen LogP) is 4.58. The van der Waals surface area contributed by atoms with Crippen molar-refractivity contribution in [1.82, 2.24) is 46.1 Å². The zero-order valence-electron chi connectivity index (χ0n) is 53.2. The Morgan fingerprint density at radius 1 is 0.767 bits per heavy atom. The maximum Gasteiger partial charge on any atom is 0.306 e. The molecule has 1 unspecified atom stereocenters. The van der Waals surface area contributed by atoms with Crippen LogP contribution >= 0.6 is 0 Å². The van der Waals surface area contributed by atoms with Gasteiger partial charge in [-0.25, -0.2) is 5.06 Å². The summed E-state index contributed by atoms with van der Waals surface area (Å²) in [6.45, 7) is 18.4. The largest absolute Gasteiger partial charge is 0.462 e. The van der Waals surface area contributed by atoms with Crippen molar-refractivity contribution in [2.75, 3.05) is 61.1 Å². The van der Waals surface area contributed by atoms with Gasteiger partial charge in [0.05, 0.1) is 55.2 Å². The molecule has 480 valence electrons. The number of amides is 9. The average molecular weight is 1210 g/mol. The van der Waals surface area contributed by atoms with Crippen molar-refractivity contribution < 1.29 is 67.0 Å². The number of carbonyl (C=O) groups excluding carboxylic acids is 10. The van der Waals surface area contributed by atoms with E-state index in [0.29, 0.717) is 77.6 Å². The molecule has 86 heavy (non-hydrogen) atoms. The van der Waals surface area contributed by atoms with E-state index in [4.69, 9.17) is 19.0 Å². The molecule has 1 saturated carbocycles. The Hall–Kier alpha value is -6.30. The number of imide groups is 1. The standard InChI is InChI=1S/C63H99N9O14/c1-14-41(6)56(48(83-12)37-52(76)70-34-23-27-47(70)57(84-13)43(8)58(78)65-63(62(82)72-35-21-22-36-85-72)38-46(63)45-25-17-15-18-26-45)69(11)61(81)54(39(2)3)64-60(80)55(40(4)5)68(10)32-24-29-53(77)86-44(9)42(7)59(79)67-66-49(73)28-19-16-20-33-71-50(74)30-31-51(71)75/h15,17-18,25-26,30-31,39-44,46-48,54-57H,14,16,19-24,27-29,32-38H2,1-13H3,(H,64,80)(H,65,78)(H,66,73)(H,67,79)/t41-,42?,43+,44+,46+,47-,48+,54-,55-,56-,57+,63-/m0/s1. The van der Waals surface area contributed by atoms with Gasteiger partial charge in [0.2, 0.25) is 35.4 Å². The molecular weight excluding hydrogens is 1110 g/mol. The zero-order chi connectivity index (χ0) is 63.6. The van der Waals surface area contributed by atoms with Gasteiger partial charge in [0, 0.05) is 71.8 Å². The van der Waals surface area contributed by atoms with Gasteiger partial charge in [-0.05, 0) is 102 Å². The van der Waals surface area contributed by atoms with E-state index in [0.717, 1.165) is 23.3 Å². The Kier molecular flexibility index (Phi) is 27.2. The number of unbranched alkanes of at least 4 members (excludes halogenated alkanes) is 2. The molecule has 3 heterocycles. The van der Waals surface area contributed by atoms with E-state index in [1.165, 1.54) is 31.4 Å². The molecule has 23 heteroatoms. The summed E-state index contributed by atoms with van der Waals surface area (Å²) < 4.78 is 17.8. The van der Waals surface area contributed by atoms with Crippen LogP contribution in [0.4, 0.5) is 0 Å². The van der Waals surface area contributed by atoms with Gasteiger partial charge in [0.15, 0.2) is 0 Å². The predicted molar refractivity (Wildman–Crippen MR) is 320 cm³/mol. The molecule has 0 bridgehead atoms. The van der Waals surface area contributed by atoms with Crippen LogP contribution in [0.5, 0.6) is 0 Å². The first kappa shape index (κ1) is 70.5. The number of rotatable bonds is 33. The minimum atomic E-state index is -1.18. The van der Waals surface area contributed by atoms with Gasteiger partial charge in [-0.3, -0.25) is 73.4 Å². The first-order chi connectivity index (χ1) is 40.8. The third-order valence-electron chi connectivity index (χ3n) is 17.8. The summed E-state index contributed by atoms with van der Waals surface area (Å²) in [7, 11) is 6.52. The van der Waals surface area contributed by atoms with Crippen molar-refractivity contribution >= 4 is 59.1 Å². The Morgan fingerprint density at radius 2 is 1.45 bits per heavy atom. The van der Waals surface area contributed by atoms with Crippen LogP contribution in [0.1, 0.15) is 157 Å². The molecule has 9 amide bonds. The molecule has 1 aromatic rings. The fourth-order valence-corrected chi connectivity index (χ4v) is 12.3. The number of ether oxygens (including phenoxy) is 3. The van der Waals surface area contributed by atoms with Crippen molar-refractivity contribution in [3.8, 4) is 0 Å². The van der Waals surface area contributed by atoms with Crippen LogP contribution < -0.4 is 21.5 Å². The summed E-state index contributed by atoms with van der Waals surface area (Å²) in [5.74, 6) is -6.21. The lowest BCUT2D eigenvalue weighted by Crippen LogP contribution is -2.60. The maximum absolute atomic E-state index is 14.8. The lowest BCUT2D eigenvalue weighted by Gasteiger charge is -2.41. The summed E-state index contributed by atoms with van der Waals surface area (Å²) >= 11 is 0. The number of nitrogens with one attached hydrogen (secondary N) is 4. The number of likely N-dealkylation sites (tertiary alicyclic amines) is 1.